The van der Waals surface area contributed by atoms with E-state index in [2.05, 4.69) is 26.1 Å². The van der Waals surface area contributed by atoms with Gasteiger partial charge >= 0.3 is 0 Å². The zero-order chi connectivity index (χ0) is 17.2. The number of rotatable bonds is 10. The van der Waals surface area contributed by atoms with Crippen molar-refractivity contribution >= 4 is 5.91 Å². The molecule has 1 rings (SSSR count). The minimum atomic E-state index is -0.0505. The van der Waals surface area contributed by atoms with Crippen molar-refractivity contribution in [2.24, 2.45) is 5.92 Å². The van der Waals surface area contributed by atoms with E-state index in [0.717, 1.165) is 30.6 Å². The molecule has 1 aromatic carbocycles. The highest BCUT2D eigenvalue weighted by Gasteiger charge is 2.14. The molecule has 1 N–H and O–H groups in total. The monoisotopic (exact) mass is 321 g/mol. The predicted molar refractivity (Wildman–Crippen MR) is 94.0 cm³/mol. The van der Waals surface area contributed by atoms with Crippen molar-refractivity contribution in [2.75, 3.05) is 13.7 Å². The molecule has 1 amide bonds. The minimum Gasteiger partial charge on any atom is -0.493 e. The van der Waals surface area contributed by atoms with Gasteiger partial charge in [-0.2, -0.15) is 0 Å². The second-order valence-electron chi connectivity index (χ2n) is 6.15. The fourth-order valence-corrected chi connectivity index (χ4v) is 2.58. The van der Waals surface area contributed by atoms with Crippen molar-refractivity contribution in [1.82, 2.24) is 5.32 Å². The van der Waals surface area contributed by atoms with Crippen LogP contribution in [0.2, 0.25) is 0 Å². The number of ether oxygens (including phenoxy) is 2. The molecule has 0 spiro atoms. The Labute approximate surface area is 140 Å². The number of carbonyl (C=O) groups excluding carboxylic acids is 1. The molecule has 4 heteroatoms. The number of carbonyl (C=O) groups is 1. The first kappa shape index (κ1) is 19.3. The summed E-state index contributed by atoms with van der Waals surface area (Å²) in [5.41, 5.74) is 1.02. The van der Waals surface area contributed by atoms with Crippen LogP contribution in [0.3, 0.4) is 0 Å². The second kappa shape index (κ2) is 10.1. The number of methoxy groups -OCH3 is 1. The SMILES string of the molecule is CCCOc1ccc(C(C)NC(=O)CC(C)CCC)cc1OC. The first-order chi connectivity index (χ1) is 11.0. The zero-order valence-corrected chi connectivity index (χ0v) is 15.1. The number of benzene rings is 1. The Hall–Kier alpha value is -1.71. The van der Waals surface area contributed by atoms with E-state index in [1.807, 2.05) is 25.1 Å². The molecule has 2 atom stereocenters. The first-order valence-corrected chi connectivity index (χ1v) is 8.61. The van der Waals surface area contributed by atoms with Crippen molar-refractivity contribution < 1.29 is 14.3 Å². The third-order valence-corrected chi connectivity index (χ3v) is 3.84. The van der Waals surface area contributed by atoms with Crippen LogP contribution < -0.4 is 14.8 Å². The molecule has 0 saturated carbocycles. The molecule has 130 valence electrons. The van der Waals surface area contributed by atoms with Gasteiger partial charge in [-0.05, 0) is 37.0 Å². The third kappa shape index (κ3) is 6.51. The van der Waals surface area contributed by atoms with Gasteiger partial charge in [0.05, 0.1) is 19.8 Å². The Balaban J connectivity index is 2.68. The van der Waals surface area contributed by atoms with Crippen LogP contribution in [0, 0.1) is 5.92 Å². The van der Waals surface area contributed by atoms with E-state index in [1.165, 1.54) is 0 Å². The highest BCUT2D eigenvalue weighted by Crippen LogP contribution is 2.30. The molecule has 0 aromatic heterocycles. The minimum absolute atomic E-state index is 0.0505. The number of amides is 1. The van der Waals surface area contributed by atoms with Crippen molar-refractivity contribution in [3.05, 3.63) is 23.8 Å². The van der Waals surface area contributed by atoms with E-state index < -0.39 is 0 Å². The molecule has 23 heavy (non-hydrogen) atoms. The molecule has 0 fully saturated rings. The molecular weight excluding hydrogens is 290 g/mol. The lowest BCUT2D eigenvalue weighted by molar-refractivity contribution is -0.122. The van der Waals surface area contributed by atoms with Crippen LogP contribution in [0.1, 0.15) is 65.0 Å². The summed E-state index contributed by atoms with van der Waals surface area (Å²) in [6, 6.07) is 5.77. The number of hydrogen-bond donors (Lipinski definition) is 1. The summed E-state index contributed by atoms with van der Waals surface area (Å²) in [6.45, 7) is 8.99. The second-order valence-corrected chi connectivity index (χ2v) is 6.15. The van der Waals surface area contributed by atoms with Gasteiger partial charge in [-0.1, -0.05) is 39.7 Å². The summed E-state index contributed by atoms with van der Waals surface area (Å²) in [5.74, 6) is 1.97. The molecule has 2 unspecified atom stereocenters. The molecule has 0 saturated heterocycles. The maximum Gasteiger partial charge on any atom is 0.220 e. The summed E-state index contributed by atoms with van der Waals surface area (Å²) >= 11 is 0. The summed E-state index contributed by atoms with van der Waals surface area (Å²) in [6.07, 6.45) is 3.72. The molecule has 0 heterocycles. The first-order valence-electron chi connectivity index (χ1n) is 8.61. The van der Waals surface area contributed by atoms with Gasteiger partial charge in [0.15, 0.2) is 11.5 Å². The Morgan fingerprint density at radius 2 is 1.91 bits per heavy atom. The Bertz CT molecular complexity index is 488. The summed E-state index contributed by atoms with van der Waals surface area (Å²) in [5, 5.41) is 3.06. The van der Waals surface area contributed by atoms with Gasteiger partial charge in [0.25, 0.3) is 0 Å². The lowest BCUT2D eigenvalue weighted by Crippen LogP contribution is -2.28. The fraction of sp³-hybridized carbons (Fsp3) is 0.632. The molecule has 0 aliphatic carbocycles. The normalized spacial score (nSPS) is 13.3. The molecule has 1 aromatic rings. The Morgan fingerprint density at radius 1 is 1.17 bits per heavy atom. The van der Waals surface area contributed by atoms with Gasteiger partial charge in [0.2, 0.25) is 5.91 Å². The van der Waals surface area contributed by atoms with Crippen LogP contribution in [-0.4, -0.2) is 19.6 Å². The van der Waals surface area contributed by atoms with E-state index in [0.29, 0.717) is 24.7 Å². The lowest BCUT2D eigenvalue weighted by Gasteiger charge is -2.18. The van der Waals surface area contributed by atoms with Gasteiger partial charge in [0, 0.05) is 6.42 Å². The van der Waals surface area contributed by atoms with Gasteiger partial charge in [-0.15, -0.1) is 0 Å². The van der Waals surface area contributed by atoms with E-state index in [-0.39, 0.29) is 11.9 Å². The van der Waals surface area contributed by atoms with Crippen LogP contribution >= 0.6 is 0 Å². The van der Waals surface area contributed by atoms with Crippen molar-refractivity contribution in [3.8, 4) is 11.5 Å². The molecule has 0 aliphatic rings. The maximum atomic E-state index is 12.1. The summed E-state index contributed by atoms with van der Waals surface area (Å²) in [7, 11) is 1.63. The zero-order valence-electron chi connectivity index (χ0n) is 15.1. The van der Waals surface area contributed by atoms with Crippen LogP contribution in [0.4, 0.5) is 0 Å². The van der Waals surface area contributed by atoms with Crippen LogP contribution in [0.15, 0.2) is 18.2 Å². The Kier molecular flexibility index (Phi) is 8.52. The maximum absolute atomic E-state index is 12.1. The molecule has 0 radical (unpaired) electrons. The van der Waals surface area contributed by atoms with E-state index in [4.69, 9.17) is 9.47 Å². The summed E-state index contributed by atoms with van der Waals surface area (Å²) < 4.78 is 11.1. The van der Waals surface area contributed by atoms with E-state index in [9.17, 15) is 4.79 Å². The van der Waals surface area contributed by atoms with E-state index >= 15 is 0 Å². The number of hydrogen-bond acceptors (Lipinski definition) is 3. The molecule has 0 bridgehead atoms. The van der Waals surface area contributed by atoms with Gasteiger partial charge in [-0.3, -0.25) is 4.79 Å². The van der Waals surface area contributed by atoms with Gasteiger partial charge < -0.3 is 14.8 Å². The summed E-state index contributed by atoms with van der Waals surface area (Å²) in [4.78, 5) is 12.1. The van der Waals surface area contributed by atoms with Crippen molar-refractivity contribution in [1.29, 1.82) is 0 Å². The van der Waals surface area contributed by atoms with Gasteiger partial charge in [-0.25, -0.2) is 0 Å². The average Bonchev–Trinajstić information content (AvgIpc) is 2.52. The van der Waals surface area contributed by atoms with Crippen molar-refractivity contribution in [2.45, 2.75) is 59.4 Å². The molecule has 4 nitrogen and oxygen atoms in total. The third-order valence-electron chi connectivity index (χ3n) is 3.84. The Morgan fingerprint density at radius 3 is 2.52 bits per heavy atom. The van der Waals surface area contributed by atoms with Gasteiger partial charge in [0.1, 0.15) is 0 Å². The predicted octanol–water partition coefficient (Wildman–Crippen LogP) is 4.49. The van der Waals surface area contributed by atoms with Crippen LogP contribution in [0.5, 0.6) is 11.5 Å². The fourth-order valence-electron chi connectivity index (χ4n) is 2.58. The van der Waals surface area contributed by atoms with Crippen LogP contribution in [0.25, 0.3) is 0 Å². The van der Waals surface area contributed by atoms with E-state index in [1.54, 1.807) is 7.11 Å². The smallest absolute Gasteiger partial charge is 0.220 e. The topological polar surface area (TPSA) is 47.6 Å². The average molecular weight is 321 g/mol. The lowest BCUT2D eigenvalue weighted by atomic mass is 10.0. The highest BCUT2D eigenvalue weighted by molar-refractivity contribution is 5.76. The largest absolute Gasteiger partial charge is 0.493 e. The molecular formula is C19H31NO3. The molecule has 0 aliphatic heterocycles. The quantitative estimate of drug-likeness (QED) is 0.691. The number of nitrogens with one attached hydrogen (secondary N) is 1. The van der Waals surface area contributed by atoms with Crippen LogP contribution in [-0.2, 0) is 4.79 Å². The van der Waals surface area contributed by atoms with Crippen molar-refractivity contribution in [3.63, 3.8) is 0 Å². The standard InChI is InChI=1S/C19H31NO3/c1-6-8-14(3)12-19(21)20-15(4)16-9-10-17(23-11-7-2)18(13-16)22-5/h9-10,13-15H,6-8,11-12H2,1-5H3,(H,20,21). The highest BCUT2D eigenvalue weighted by atomic mass is 16.5.